The summed E-state index contributed by atoms with van der Waals surface area (Å²) in [6, 6.07) is 3.69. The summed E-state index contributed by atoms with van der Waals surface area (Å²) in [5.41, 5.74) is 6.26. The van der Waals surface area contributed by atoms with Gasteiger partial charge in [0.15, 0.2) is 0 Å². The second-order valence-corrected chi connectivity index (χ2v) is 9.03. The van der Waals surface area contributed by atoms with Gasteiger partial charge in [0.05, 0.1) is 12.5 Å². The lowest BCUT2D eigenvalue weighted by Crippen LogP contribution is -2.52. The molecule has 31 heavy (non-hydrogen) atoms. The number of alkyl halides is 2. The minimum absolute atomic E-state index is 0.00383. The first-order chi connectivity index (χ1) is 14.7. The van der Waals surface area contributed by atoms with Crippen LogP contribution in [0.5, 0.6) is 0 Å². The summed E-state index contributed by atoms with van der Waals surface area (Å²) in [4.78, 5) is 25.0. The number of nitrogens with two attached hydrogens (primary N) is 1. The quantitative estimate of drug-likeness (QED) is 0.630. The van der Waals surface area contributed by atoms with E-state index in [1.54, 1.807) is 0 Å². The fraction of sp³-hybridized carbons (Fsp3) is 0.636. The molecule has 2 unspecified atom stereocenters. The van der Waals surface area contributed by atoms with Crippen molar-refractivity contribution in [2.75, 3.05) is 18.4 Å². The highest BCUT2D eigenvalue weighted by molar-refractivity contribution is 6.01. The van der Waals surface area contributed by atoms with Gasteiger partial charge < -0.3 is 11.1 Å². The van der Waals surface area contributed by atoms with Crippen molar-refractivity contribution in [1.82, 2.24) is 10.2 Å². The Labute approximate surface area is 179 Å². The molecule has 6 nitrogen and oxygen atoms in total. The fourth-order valence-corrected chi connectivity index (χ4v) is 5.06. The van der Waals surface area contributed by atoms with E-state index in [2.05, 4.69) is 10.6 Å². The number of rotatable bonds is 4. The van der Waals surface area contributed by atoms with Gasteiger partial charge in [0.25, 0.3) is 5.92 Å². The van der Waals surface area contributed by atoms with Crippen LogP contribution in [0.15, 0.2) is 18.2 Å². The number of amides is 2. The summed E-state index contributed by atoms with van der Waals surface area (Å²) in [6.07, 6.45) is 4.05. The molecule has 0 radical (unpaired) electrons. The molecule has 4 N–H and O–H groups in total. The summed E-state index contributed by atoms with van der Waals surface area (Å²) < 4.78 is 44.9. The Morgan fingerprint density at radius 1 is 1.10 bits per heavy atom. The average Bonchev–Trinajstić information content (AvgIpc) is 2.71. The molecule has 1 saturated carbocycles. The number of nitrogens with zero attached hydrogens (tertiary/aromatic N) is 1. The summed E-state index contributed by atoms with van der Waals surface area (Å²) in [6.45, 7) is 0.142. The van der Waals surface area contributed by atoms with E-state index in [9.17, 15) is 14.0 Å². The van der Waals surface area contributed by atoms with E-state index in [1.807, 2.05) is 4.90 Å². The SMILES string of the molecule is N[C@H]1CC[C@H](N2CCC(c3ccc(NC4CCC(=O)NC4=O)cc3F)C(F)(F)C2)CC1. The van der Waals surface area contributed by atoms with Crippen molar-refractivity contribution < 1.29 is 22.8 Å². The number of hydrogen-bond donors (Lipinski definition) is 3. The molecule has 2 atom stereocenters. The van der Waals surface area contributed by atoms with Crippen molar-refractivity contribution in [2.24, 2.45) is 5.73 Å². The maximum absolute atomic E-state index is 15.0. The monoisotopic (exact) mass is 438 g/mol. The zero-order valence-electron chi connectivity index (χ0n) is 17.4. The lowest BCUT2D eigenvalue weighted by Gasteiger charge is -2.44. The number of benzene rings is 1. The molecular weight excluding hydrogens is 409 g/mol. The minimum atomic E-state index is -3.03. The van der Waals surface area contributed by atoms with Gasteiger partial charge in [-0.2, -0.15) is 0 Å². The van der Waals surface area contributed by atoms with E-state index in [0.717, 1.165) is 31.7 Å². The summed E-state index contributed by atoms with van der Waals surface area (Å²) in [5, 5.41) is 5.11. The summed E-state index contributed by atoms with van der Waals surface area (Å²) in [7, 11) is 0. The van der Waals surface area contributed by atoms with E-state index in [1.165, 1.54) is 12.1 Å². The standard InChI is InChI=1S/C22H29F3N4O2/c23-18-11-14(27-19-7-8-20(30)28-21(19)31)3-6-16(18)17-9-10-29(12-22(17,24)25)15-4-1-13(26)2-5-15/h3,6,11,13,15,17,19,27H,1-2,4-5,7-10,12,26H2,(H,28,30,31)/t13-,15-,17?,19?. The number of halogens is 3. The Hall–Kier alpha value is -2.13. The van der Waals surface area contributed by atoms with Gasteiger partial charge >= 0.3 is 0 Å². The normalized spacial score (nSPS) is 31.9. The van der Waals surface area contributed by atoms with Crippen LogP contribution in [0.2, 0.25) is 0 Å². The molecule has 9 heteroatoms. The van der Waals surface area contributed by atoms with Crippen molar-refractivity contribution in [3.05, 3.63) is 29.6 Å². The molecule has 2 amide bonds. The Morgan fingerprint density at radius 2 is 1.84 bits per heavy atom. The lowest BCUT2D eigenvalue weighted by molar-refractivity contribution is -0.133. The van der Waals surface area contributed by atoms with Gasteiger partial charge in [-0.1, -0.05) is 6.07 Å². The van der Waals surface area contributed by atoms with Crippen molar-refractivity contribution in [1.29, 1.82) is 0 Å². The second-order valence-electron chi connectivity index (χ2n) is 9.03. The smallest absolute Gasteiger partial charge is 0.267 e. The number of piperidine rings is 2. The number of hydrogen-bond acceptors (Lipinski definition) is 5. The number of nitrogens with one attached hydrogen (secondary N) is 2. The topological polar surface area (TPSA) is 87.5 Å². The predicted molar refractivity (Wildman–Crippen MR) is 110 cm³/mol. The van der Waals surface area contributed by atoms with Crippen LogP contribution < -0.4 is 16.4 Å². The van der Waals surface area contributed by atoms with E-state index in [-0.39, 0.29) is 42.9 Å². The van der Waals surface area contributed by atoms with Crippen molar-refractivity contribution in [3.63, 3.8) is 0 Å². The largest absolute Gasteiger partial charge is 0.374 e. The maximum atomic E-state index is 15.0. The van der Waals surface area contributed by atoms with Crippen molar-refractivity contribution >= 4 is 17.5 Å². The highest BCUT2D eigenvalue weighted by Gasteiger charge is 2.47. The number of anilines is 1. The van der Waals surface area contributed by atoms with E-state index >= 15 is 8.78 Å². The van der Waals surface area contributed by atoms with Crippen molar-refractivity contribution in [2.45, 2.75) is 74.9 Å². The molecule has 170 valence electrons. The third kappa shape index (κ3) is 4.87. The van der Waals surface area contributed by atoms with Gasteiger partial charge in [0.1, 0.15) is 11.9 Å². The van der Waals surface area contributed by atoms with Gasteiger partial charge in [0.2, 0.25) is 11.8 Å². The Bertz CT molecular complexity index is 842. The van der Waals surface area contributed by atoms with E-state index in [4.69, 9.17) is 5.73 Å². The van der Waals surface area contributed by atoms with Crippen LogP contribution in [0, 0.1) is 5.82 Å². The van der Waals surface area contributed by atoms with Gasteiger partial charge in [0, 0.05) is 24.2 Å². The zero-order chi connectivity index (χ0) is 22.2. The summed E-state index contributed by atoms with van der Waals surface area (Å²) in [5.74, 6) is -5.73. The third-order valence-corrected chi connectivity index (χ3v) is 6.84. The molecule has 0 spiro atoms. The van der Waals surface area contributed by atoms with Gasteiger partial charge in [-0.15, -0.1) is 0 Å². The molecule has 3 fully saturated rings. The molecule has 3 aliphatic rings. The number of likely N-dealkylation sites (tertiary alicyclic amines) is 1. The van der Waals surface area contributed by atoms with Crippen LogP contribution >= 0.6 is 0 Å². The fourth-order valence-electron chi connectivity index (χ4n) is 5.06. The van der Waals surface area contributed by atoms with Crippen LogP contribution in [0.1, 0.15) is 56.4 Å². The maximum Gasteiger partial charge on any atom is 0.267 e. The van der Waals surface area contributed by atoms with E-state index < -0.39 is 29.6 Å². The Balaban J connectivity index is 1.42. The molecular formula is C22H29F3N4O2. The second kappa shape index (κ2) is 8.78. The van der Waals surface area contributed by atoms with Gasteiger partial charge in [-0.05, 0) is 62.8 Å². The van der Waals surface area contributed by atoms with Gasteiger partial charge in [-0.25, -0.2) is 13.2 Å². The van der Waals surface area contributed by atoms with Crippen LogP contribution in [-0.4, -0.2) is 53.9 Å². The molecule has 0 bridgehead atoms. The molecule has 1 aliphatic carbocycles. The average molecular weight is 438 g/mol. The number of imide groups is 1. The van der Waals surface area contributed by atoms with E-state index in [0.29, 0.717) is 18.7 Å². The summed E-state index contributed by atoms with van der Waals surface area (Å²) >= 11 is 0. The molecule has 1 aromatic rings. The van der Waals surface area contributed by atoms with Crippen LogP contribution in [0.3, 0.4) is 0 Å². The first-order valence-corrected chi connectivity index (χ1v) is 11.0. The number of carbonyl (C=O) groups is 2. The van der Waals surface area contributed by atoms with Crippen LogP contribution in [0.4, 0.5) is 18.9 Å². The lowest BCUT2D eigenvalue weighted by atomic mass is 9.83. The zero-order valence-corrected chi connectivity index (χ0v) is 17.4. The van der Waals surface area contributed by atoms with Crippen molar-refractivity contribution in [3.8, 4) is 0 Å². The highest BCUT2D eigenvalue weighted by atomic mass is 19.3. The minimum Gasteiger partial charge on any atom is -0.374 e. The number of carbonyl (C=O) groups excluding carboxylic acids is 2. The molecule has 2 saturated heterocycles. The molecule has 0 aromatic heterocycles. The third-order valence-electron chi connectivity index (χ3n) is 6.84. The Morgan fingerprint density at radius 3 is 2.48 bits per heavy atom. The van der Waals surface area contributed by atoms with Crippen LogP contribution in [-0.2, 0) is 9.59 Å². The highest BCUT2D eigenvalue weighted by Crippen LogP contribution is 2.43. The predicted octanol–water partition coefficient (Wildman–Crippen LogP) is 2.74. The molecule has 2 heterocycles. The van der Waals surface area contributed by atoms with Gasteiger partial charge in [-0.3, -0.25) is 19.8 Å². The molecule has 4 rings (SSSR count). The molecule has 1 aromatic carbocycles. The molecule has 2 aliphatic heterocycles. The first-order valence-electron chi connectivity index (χ1n) is 11.0. The first kappa shape index (κ1) is 22.1. The van der Waals surface area contributed by atoms with Crippen LogP contribution in [0.25, 0.3) is 0 Å². The Kier molecular flexibility index (Phi) is 6.25.